The number of nitrogens with zero attached hydrogens (tertiary/aromatic N) is 2. The minimum absolute atomic E-state index is 0.0699. The number of aromatic nitrogens is 2. The monoisotopic (exact) mass is 249 g/mol. The Kier molecular flexibility index (Phi) is 3.24. The molecule has 0 bridgehead atoms. The molecule has 1 heterocycles. The van der Waals surface area contributed by atoms with Gasteiger partial charge in [0.15, 0.2) is 0 Å². The quantitative estimate of drug-likeness (QED) is 0.729. The molecule has 4 N–H and O–H groups in total. The van der Waals surface area contributed by atoms with Crippen molar-refractivity contribution < 1.29 is 19.5 Å². The zero-order valence-corrected chi connectivity index (χ0v) is 9.28. The van der Waals surface area contributed by atoms with Gasteiger partial charge in [-0.05, 0) is 29.3 Å². The average Bonchev–Trinajstić information content (AvgIpc) is 2.81. The lowest BCUT2D eigenvalue weighted by Crippen LogP contribution is -2.14. The standard InChI is InChI=1S/C11H11N3O4/c12-8(5-6-1-3-7(15)4-2-6)10-13-9(11(16)17)14-18-10/h1-4,8,15H,5,12H2,(H,16,17)/t8-/m1/s1. The van der Waals surface area contributed by atoms with Gasteiger partial charge in [-0.15, -0.1) is 0 Å². The van der Waals surface area contributed by atoms with Crippen molar-refractivity contribution in [2.45, 2.75) is 12.5 Å². The minimum atomic E-state index is -1.26. The fraction of sp³-hybridized carbons (Fsp3) is 0.182. The molecule has 2 rings (SSSR count). The third kappa shape index (κ3) is 2.64. The number of aromatic hydroxyl groups is 1. The maximum absolute atomic E-state index is 10.6. The molecule has 0 radical (unpaired) electrons. The summed E-state index contributed by atoms with van der Waals surface area (Å²) in [5.41, 5.74) is 6.70. The number of carbonyl (C=O) groups is 1. The van der Waals surface area contributed by atoms with Crippen molar-refractivity contribution in [2.75, 3.05) is 0 Å². The van der Waals surface area contributed by atoms with E-state index >= 15 is 0 Å². The molecule has 0 aliphatic rings. The van der Waals surface area contributed by atoms with Crippen LogP contribution in [-0.4, -0.2) is 26.3 Å². The number of hydrogen-bond acceptors (Lipinski definition) is 6. The first-order valence-electron chi connectivity index (χ1n) is 5.16. The highest BCUT2D eigenvalue weighted by atomic mass is 16.5. The molecule has 0 fully saturated rings. The van der Waals surface area contributed by atoms with Crippen LogP contribution in [0.3, 0.4) is 0 Å². The summed E-state index contributed by atoms with van der Waals surface area (Å²) >= 11 is 0. The predicted octanol–water partition coefficient (Wildman–Crippen LogP) is 0.716. The smallest absolute Gasteiger partial charge is 0.377 e. The van der Waals surface area contributed by atoms with Crippen LogP contribution in [0.5, 0.6) is 5.75 Å². The van der Waals surface area contributed by atoms with Crippen LogP contribution in [0.4, 0.5) is 0 Å². The molecular weight excluding hydrogens is 238 g/mol. The van der Waals surface area contributed by atoms with Gasteiger partial charge in [0.25, 0.3) is 5.82 Å². The fourth-order valence-electron chi connectivity index (χ4n) is 1.45. The van der Waals surface area contributed by atoms with E-state index in [1.807, 2.05) is 0 Å². The lowest BCUT2D eigenvalue weighted by atomic mass is 10.1. The van der Waals surface area contributed by atoms with Gasteiger partial charge in [-0.25, -0.2) is 4.79 Å². The van der Waals surface area contributed by atoms with E-state index in [2.05, 4.69) is 10.1 Å². The molecule has 7 nitrogen and oxygen atoms in total. The second-order valence-corrected chi connectivity index (χ2v) is 3.74. The van der Waals surface area contributed by atoms with Crippen LogP contribution in [0.25, 0.3) is 0 Å². The zero-order valence-electron chi connectivity index (χ0n) is 9.28. The largest absolute Gasteiger partial charge is 0.508 e. The SMILES string of the molecule is N[C@H](Cc1ccc(O)cc1)c1nc(C(=O)O)no1. The van der Waals surface area contributed by atoms with Crippen LogP contribution in [0, 0.1) is 0 Å². The third-order valence-electron chi connectivity index (χ3n) is 2.34. The van der Waals surface area contributed by atoms with Gasteiger partial charge in [0, 0.05) is 0 Å². The van der Waals surface area contributed by atoms with Gasteiger partial charge in [0.2, 0.25) is 5.89 Å². The van der Waals surface area contributed by atoms with Crippen LogP contribution in [0.2, 0.25) is 0 Å². The molecule has 7 heteroatoms. The minimum Gasteiger partial charge on any atom is -0.508 e. The van der Waals surface area contributed by atoms with Gasteiger partial charge >= 0.3 is 5.97 Å². The molecule has 0 spiro atoms. The molecule has 0 saturated carbocycles. The van der Waals surface area contributed by atoms with Crippen LogP contribution in [0.15, 0.2) is 28.8 Å². The summed E-state index contributed by atoms with van der Waals surface area (Å²) in [6.45, 7) is 0. The third-order valence-corrected chi connectivity index (χ3v) is 2.34. The number of phenolic OH excluding ortho intramolecular Hbond substituents is 1. The van der Waals surface area contributed by atoms with Crippen molar-refractivity contribution >= 4 is 5.97 Å². The molecule has 1 aromatic heterocycles. The maximum Gasteiger partial charge on any atom is 0.377 e. The van der Waals surface area contributed by atoms with E-state index in [0.717, 1.165) is 5.56 Å². The zero-order chi connectivity index (χ0) is 13.1. The maximum atomic E-state index is 10.6. The molecule has 0 unspecified atom stereocenters. The Hall–Kier alpha value is -2.41. The summed E-state index contributed by atoms with van der Waals surface area (Å²) < 4.78 is 4.77. The average molecular weight is 249 g/mol. The normalized spacial score (nSPS) is 12.3. The summed E-state index contributed by atoms with van der Waals surface area (Å²) in [6, 6.07) is 5.92. The van der Waals surface area contributed by atoms with Crippen molar-refractivity contribution in [1.29, 1.82) is 0 Å². The number of rotatable bonds is 4. The van der Waals surface area contributed by atoms with Gasteiger partial charge in [-0.1, -0.05) is 12.1 Å². The predicted molar refractivity (Wildman–Crippen MR) is 60.0 cm³/mol. The molecule has 0 amide bonds. The number of phenols is 1. The van der Waals surface area contributed by atoms with Gasteiger partial charge < -0.3 is 20.5 Å². The Bertz CT molecular complexity index is 550. The molecule has 2 aromatic rings. The number of carboxylic acid groups (broad SMARTS) is 1. The lowest BCUT2D eigenvalue weighted by Gasteiger charge is -2.06. The Morgan fingerprint density at radius 2 is 2.06 bits per heavy atom. The summed E-state index contributed by atoms with van der Waals surface area (Å²) in [7, 11) is 0. The van der Waals surface area contributed by atoms with Crippen LogP contribution in [0.1, 0.15) is 28.1 Å². The van der Waals surface area contributed by atoms with E-state index in [-0.39, 0.29) is 11.6 Å². The van der Waals surface area contributed by atoms with Gasteiger partial charge in [-0.2, -0.15) is 4.98 Å². The number of hydrogen-bond donors (Lipinski definition) is 3. The lowest BCUT2D eigenvalue weighted by molar-refractivity contribution is 0.0680. The van der Waals surface area contributed by atoms with E-state index in [9.17, 15) is 4.79 Å². The van der Waals surface area contributed by atoms with Crippen molar-refractivity contribution in [3.8, 4) is 5.75 Å². The second kappa shape index (κ2) is 4.84. The van der Waals surface area contributed by atoms with E-state index in [1.54, 1.807) is 24.3 Å². The van der Waals surface area contributed by atoms with Crippen molar-refractivity contribution in [3.63, 3.8) is 0 Å². The van der Waals surface area contributed by atoms with E-state index in [4.69, 9.17) is 20.5 Å². The van der Waals surface area contributed by atoms with Crippen molar-refractivity contribution in [3.05, 3.63) is 41.5 Å². The Labute approximate surface area is 102 Å². The summed E-state index contributed by atoms with van der Waals surface area (Å²) in [5, 5.41) is 21.1. The van der Waals surface area contributed by atoms with E-state index in [1.165, 1.54) is 0 Å². The van der Waals surface area contributed by atoms with Crippen LogP contribution in [-0.2, 0) is 6.42 Å². The fourth-order valence-corrected chi connectivity index (χ4v) is 1.45. The topological polar surface area (TPSA) is 122 Å². The number of aromatic carboxylic acids is 1. The summed E-state index contributed by atoms with van der Waals surface area (Å²) in [5.74, 6) is -1.44. The van der Waals surface area contributed by atoms with E-state index in [0.29, 0.717) is 6.42 Å². The van der Waals surface area contributed by atoms with Gasteiger partial charge in [0.1, 0.15) is 5.75 Å². The Morgan fingerprint density at radius 1 is 1.39 bits per heavy atom. The molecule has 1 atom stereocenters. The highest BCUT2D eigenvalue weighted by Crippen LogP contribution is 2.16. The molecule has 1 aromatic carbocycles. The molecule has 0 aliphatic heterocycles. The van der Waals surface area contributed by atoms with Crippen molar-refractivity contribution in [1.82, 2.24) is 10.1 Å². The van der Waals surface area contributed by atoms with Gasteiger partial charge in [0.05, 0.1) is 6.04 Å². The summed E-state index contributed by atoms with van der Waals surface area (Å²) in [6.07, 6.45) is 0.404. The first kappa shape index (κ1) is 12.1. The Balaban J connectivity index is 2.09. The van der Waals surface area contributed by atoms with Crippen LogP contribution >= 0.6 is 0 Å². The highest BCUT2D eigenvalue weighted by molar-refractivity contribution is 5.82. The highest BCUT2D eigenvalue weighted by Gasteiger charge is 2.18. The summed E-state index contributed by atoms with van der Waals surface area (Å²) in [4.78, 5) is 14.3. The molecule has 18 heavy (non-hydrogen) atoms. The molecular formula is C11H11N3O4. The van der Waals surface area contributed by atoms with Crippen molar-refractivity contribution in [2.24, 2.45) is 5.73 Å². The number of benzene rings is 1. The number of carboxylic acids is 1. The van der Waals surface area contributed by atoms with Crippen LogP contribution < -0.4 is 5.73 Å². The van der Waals surface area contributed by atoms with E-state index < -0.39 is 17.8 Å². The second-order valence-electron chi connectivity index (χ2n) is 3.74. The molecule has 0 saturated heterocycles. The van der Waals surface area contributed by atoms with Gasteiger partial charge in [-0.3, -0.25) is 0 Å². The first-order chi connectivity index (χ1) is 8.56. The molecule has 0 aliphatic carbocycles. The first-order valence-corrected chi connectivity index (χ1v) is 5.16. The number of nitrogens with two attached hydrogens (primary N) is 1. The Morgan fingerprint density at radius 3 is 2.61 bits per heavy atom. The molecule has 94 valence electrons.